The summed E-state index contributed by atoms with van der Waals surface area (Å²) >= 11 is 0. The first-order valence-corrected chi connectivity index (χ1v) is 5.52. The van der Waals surface area contributed by atoms with Crippen molar-refractivity contribution in [3.8, 4) is 11.7 Å². The van der Waals surface area contributed by atoms with Crippen LogP contribution in [0.4, 0.5) is 0 Å². The van der Waals surface area contributed by atoms with Crippen LogP contribution in [0.5, 0.6) is 11.7 Å². The molecule has 0 bridgehead atoms. The van der Waals surface area contributed by atoms with Crippen LogP contribution in [0.2, 0.25) is 0 Å². The maximum atomic E-state index is 10.4. The normalized spacial score (nSPS) is 10.5. The molecule has 0 radical (unpaired) electrons. The van der Waals surface area contributed by atoms with E-state index in [1.807, 2.05) is 24.3 Å². The number of carbonyl (C=O) groups is 1. The van der Waals surface area contributed by atoms with Crippen LogP contribution in [-0.4, -0.2) is 6.29 Å². The lowest BCUT2D eigenvalue weighted by atomic mass is 10.0. The number of hydrogen-bond acceptors (Lipinski definition) is 3. The van der Waals surface area contributed by atoms with Gasteiger partial charge in [-0.25, -0.2) is 0 Å². The number of rotatable bonds is 4. The molecule has 0 aliphatic rings. The molecule has 0 saturated heterocycles. The summed E-state index contributed by atoms with van der Waals surface area (Å²) in [5, 5.41) is 0. The molecule has 1 aromatic carbocycles. The Bertz CT molecular complexity index is 494. The highest BCUT2D eigenvalue weighted by molar-refractivity contribution is 5.70. The molecular weight excluding hydrogens is 216 g/mol. The number of hydrogen-bond donors (Lipinski definition) is 0. The topological polar surface area (TPSA) is 39.4 Å². The highest BCUT2D eigenvalue weighted by atomic mass is 16.6. The van der Waals surface area contributed by atoms with E-state index in [0.29, 0.717) is 23.9 Å². The van der Waals surface area contributed by atoms with Gasteiger partial charge in [0.05, 0.1) is 0 Å². The van der Waals surface area contributed by atoms with E-state index in [9.17, 15) is 4.79 Å². The van der Waals surface area contributed by atoms with E-state index in [1.54, 1.807) is 12.1 Å². The Hall–Kier alpha value is -2.03. The highest BCUT2D eigenvalue weighted by Gasteiger charge is 2.04. The van der Waals surface area contributed by atoms with Gasteiger partial charge in [-0.1, -0.05) is 26.0 Å². The summed E-state index contributed by atoms with van der Waals surface area (Å²) in [5.74, 6) is 1.78. The molecule has 1 aromatic heterocycles. The zero-order chi connectivity index (χ0) is 12.3. The van der Waals surface area contributed by atoms with Crippen molar-refractivity contribution >= 4 is 6.29 Å². The van der Waals surface area contributed by atoms with Gasteiger partial charge in [-0.2, -0.15) is 0 Å². The molecule has 0 saturated carbocycles. The molecule has 1 heterocycles. The Labute approximate surface area is 100 Å². The number of benzene rings is 1. The SMILES string of the molecule is CC(C)c1ccc(Oc2ccc(C=O)o2)cc1. The molecular formula is C14H14O3. The van der Waals surface area contributed by atoms with Crippen molar-refractivity contribution in [1.82, 2.24) is 0 Å². The van der Waals surface area contributed by atoms with Crippen molar-refractivity contribution < 1.29 is 13.9 Å². The zero-order valence-corrected chi connectivity index (χ0v) is 9.84. The van der Waals surface area contributed by atoms with E-state index in [0.717, 1.165) is 0 Å². The van der Waals surface area contributed by atoms with Gasteiger partial charge in [-0.05, 0) is 29.7 Å². The third-order valence-corrected chi connectivity index (χ3v) is 2.48. The van der Waals surface area contributed by atoms with Crippen molar-refractivity contribution in [2.45, 2.75) is 19.8 Å². The second kappa shape index (κ2) is 4.87. The number of aldehydes is 1. The molecule has 0 aliphatic heterocycles. The quantitative estimate of drug-likeness (QED) is 0.745. The fourth-order valence-electron chi connectivity index (χ4n) is 1.49. The van der Waals surface area contributed by atoms with E-state index >= 15 is 0 Å². The molecule has 0 fully saturated rings. The van der Waals surface area contributed by atoms with Crippen molar-refractivity contribution in [3.63, 3.8) is 0 Å². The van der Waals surface area contributed by atoms with Crippen LogP contribution < -0.4 is 4.74 Å². The van der Waals surface area contributed by atoms with Gasteiger partial charge < -0.3 is 9.15 Å². The summed E-state index contributed by atoms with van der Waals surface area (Å²) in [6, 6.07) is 11.0. The minimum Gasteiger partial charge on any atom is -0.426 e. The lowest BCUT2D eigenvalue weighted by Crippen LogP contribution is -1.87. The van der Waals surface area contributed by atoms with Gasteiger partial charge in [0.15, 0.2) is 12.0 Å². The lowest BCUT2D eigenvalue weighted by Gasteiger charge is -2.06. The van der Waals surface area contributed by atoms with Gasteiger partial charge in [0, 0.05) is 6.07 Å². The third-order valence-electron chi connectivity index (χ3n) is 2.48. The van der Waals surface area contributed by atoms with Gasteiger partial charge in [0.1, 0.15) is 5.75 Å². The second-order valence-corrected chi connectivity index (χ2v) is 4.10. The van der Waals surface area contributed by atoms with Crippen LogP contribution >= 0.6 is 0 Å². The monoisotopic (exact) mass is 230 g/mol. The summed E-state index contributed by atoms with van der Waals surface area (Å²) in [5.41, 5.74) is 1.25. The molecule has 0 spiro atoms. The van der Waals surface area contributed by atoms with Crippen molar-refractivity contribution in [3.05, 3.63) is 47.7 Å². The minimum absolute atomic E-state index is 0.263. The summed E-state index contributed by atoms with van der Waals surface area (Å²) in [6.07, 6.45) is 0.648. The minimum atomic E-state index is 0.263. The molecule has 0 unspecified atom stereocenters. The summed E-state index contributed by atoms with van der Waals surface area (Å²) < 4.78 is 10.6. The smallest absolute Gasteiger partial charge is 0.290 e. The van der Waals surface area contributed by atoms with Gasteiger partial charge in [-0.3, -0.25) is 4.79 Å². The van der Waals surface area contributed by atoms with Crippen LogP contribution in [-0.2, 0) is 0 Å². The Balaban J connectivity index is 2.10. The summed E-state index contributed by atoms with van der Waals surface area (Å²) in [6.45, 7) is 4.28. The average Bonchev–Trinajstić information content (AvgIpc) is 2.77. The van der Waals surface area contributed by atoms with E-state index < -0.39 is 0 Å². The van der Waals surface area contributed by atoms with E-state index in [4.69, 9.17) is 9.15 Å². The Morgan fingerprint density at radius 3 is 2.35 bits per heavy atom. The van der Waals surface area contributed by atoms with Gasteiger partial charge in [-0.15, -0.1) is 0 Å². The van der Waals surface area contributed by atoms with Crippen molar-refractivity contribution in [2.24, 2.45) is 0 Å². The van der Waals surface area contributed by atoms with E-state index in [2.05, 4.69) is 13.8 Å². The Morgan fingerprint density at radius 1 is 1.12 bits per heavy atom. The molecule has 2 aromatic rings. The number of carbonyl (C=O) groups excluding carboxylic acids is 1. The summed E-state index contributed by atoms with van der Waals surface area (Å²) in [4.78, 5) is 10.4. The van der Waals surface area contributed by atoms with Crippen LogP contribution in [0.3, 0.4) is 0 Å². The van der Waals surface area contributed by atoms with Crippen LogP contribution in [0.25, 0.3) is 0 Å². The molecule has 0 atom stereocenters. The van der Waals surface area contributed by atoms with Gasteiger partial charge in [0.2, 0.25) is 0 Å². The Kier molecular flexibility index (Phi) is 3.28. The zero-order valence-electron chi connectivity index (χ0n) is 9.84. The standard InChI is InChI=1S/C14H14O3/c1-10(2)11-3-5-12(6-4-11)16-14-8-7-13(9-15)17-14/h3-10H,1-2H3. The van der Waals surface area contributed by atoms with Crippen LogP contribution in [0, 0.1) is 0 Å². The maximum absolute atomic E-state index is 10.4. The molecule has 2 rings (SSSR count). The molecule has 3 nitrogen and oxygen atoms in total. The predicted octanol–water partition coefficient (Wildman–Crippen LogP) is 4.01. The second-order valence-electron chi connectivity index (χ2n) is 4.10. The van der Waals surface area contributed by atoms with Crippen LogP contribution in [0.15, 0.2) is 40.8 Å². The maximum Gasteiger partial charge on any atom is 0.290 e. The van der Waals surface area contributed by atoms with E-state index in [1.165, 1.54) is 5.56 Å². The van der Waals surface area contributed by atoms with Crippen molar-refractivity contribution in [2.75, 3.05) is 0 Å². The molecule has 17 heavy (non-hydrogen) atoms. The molecule has 3 heteroatoms. The third kappa shape index (κ3) is 2.75. The first-order valence-electron chi connectivity index (χ1n) is 5.52. The first-order chi connectivity index (χ1) is 8.19. The fourth-order valence-corrected chi connectivity index (χ4v) is 1.49. The van der Waals surface area contributed by atoms with Crippen LogP contribution in [0.1, 0.15) is 35.9 Å². The number of furan rings is 1. The lowest BCUT2D eigenvalue weighted by molar-refractivity contribution is 0.109. The highest BCUT2D eigenvalue weighted by Crippen LogP contribution is 2.25. The number of ether oxygens (including phenoxy) is 1. The Morgan fingerprint density at radius 2 is 1.82 bits per heavy atom. The molecule has 0 aliphatic carbocycles. The fraction of sp³-hybridized carbons (Fsp3) is 0.214. The van der Waals surface area contributed by atoms with Crippen molar-refractivity contribution in [1.29, 1.82) is 0 Å². The molecule has 88 valence electrons. The predicted molar refractivity (Wildman–Crippen MR) is 64.7 cm³/mol. The molecule has 0 amide bonds. The largest absolute Gasteiger partial charge is 0.426 e. The van der Waals surface area contributed by atoms with E-state index in [-0.39, 0.29) is 5.76 Å². The first kappa shape index (κ1) is 11.5. The van der Waals surface area contributed by atoms with Gasteiger partial charge >= 0.3 is 0 Å². The average molecular weight is 230 g/mol. The van der Waals surface area contributed by atoms with Gasteiger partial charge in [0.25, 0.3) is 5.95 Å². The molecule has 0 N–H and O–H groups in total. The summed E-state index contributed by atoms with van der Waals surface area (Å²) in [7, 11) is 0.